The Bertz CT molecular complexity index is 914. The third-order valence-corrected chi connectivity index (χ3v) is 7.10. The van der Waals surface area contributed by atoms with Crippen molar-refractivity contribution >= 4 is 29.3 Å². The minimum absolute atomic E-state index is 0.152. The Hall–Kier alpha value is -1.73. The van der Waals surface area contributed by atoms with Crippen molar-refractivity contribution in [2.24, 2.45) is 10.8 Å². The number of rotatable bonds is 4. The van der Waals surface area contributed by atoms with E-state index in [1.54, 1.807) is 6.07 Å². The Morgan fingerprint density at radius 3 is 2.79 bits per heavy atom. The van der Waals surface area contributed by atoms with Crippen molar-refractivity contribution in [2.75, 3.05) is 18.1 Å². The third kappa shape index (κ3) is 3.62. The highest BCUT2D eigenvalue weighted by atomic mass is 35.5. The second-order valence-electron chi connectivity index (χ2n) is 9.18. The van der Waals surface area contributed by atoms with Crippen LogP contribution in [-0.2, 0) is 4.79 Å². The molecule has 2 N–H and O–H groups in total. The first kappa shape index (κ1) is 19.6. The monoisotopic (exact) mass is 419 g/mol. The van der Waals surface area contributed by atoms with Crippen LogP contribution in [0, 0.1) is 10.8 Å². The molecule has 2 heterocycles. The molecular formula is C20H26ClN5OS. The quantitative estimate of drug-likeness (QED) is 0.601. The van der Waals surface area contributed by atoms with Crippen LogP contribution in [0.25, 0.3) is 11.4 Å². The summed E-state index contributed by atoms with van der Waals surface area (Å²) in [5, 5.41) is 9.40. The molecule has 1 aliphatic carbocycles. The number of amides is 1. The molecule has 1 saturated carbocycles. The number of hydrogen-bond acceptors (Lipinski definition) is 5. The van der Waals surface area contributed by atoms with E-state index in [2.05, 4.69) is 35.9 Å². The maximum atomic E-state index is 12.9. The Kier molecular flexibility index (Phi) is 4.86. The normalized spacial score (nSPS) is 25.9. The van der Waals surface area contributed by atoms with Gasteiger partial charge in [-0.25, -0.2) is 4.68 Å². The van der Waals surface area contributed by atoms with Gasteiger partial charge in [-0.15, -0.1) is 10.2 Å². The molecule has 1 saturated heterocycles. The Morgan fingerprint density at radius 1 is 1.29 bits per heavy atom. The molecule has 0 spiro atoms. The van der Waals surface area contributed by atoms with Crippen molar-refractivity contribution < 1.29 is 4.79 Å². The summed E-state index contributed by atoms with van der Waals surface area (Å²) in [6, 6.07) is 7.71. The Labute approximate surface area is 174 Å². The fraction of sp³-hybridized carbons (Fsp3) is 0.550. The highest BCUT2D eigenvalue weighted by molar-refractivity contribution is 7.99. The van der Waals surface area contributed by atoms with Crippen molar-refractivity contribution in [1.82, 2.24) is 19.8 Å². The van der Waals surface area contributed by atoms with E-state index in [1.165, 1.54) is 22.9 Å². The summed E-state index contributed by atoms with van der Waals surface area (Å²) in [5.41, 5.74) is 1.25. The number of thioether (sulfide) groups is 1. The molecule has 1 aliphatic heterocycles. The summed E-state index contributed by atoms with van der Waals surface area (Å²) in [6.07, 6.45) is 3.35. The number of nitrogens with zero attached hydrogens (tertiary/aromatic N) is 4. The molecule has 1 amide bonds. The maximum absolute atomic E-state index is 12.9. The lowest BCUT2D eigenvalue weighted by molar-refractivity contribution is -0.129. The highest BCUT2D eigenvalue weighted by Crippen LogP contribution is 2.52. The molecular weight excluding hydrogens is 394 g/mol. The van der Waals surface area contributed by atoms with E-state index in [4.69, 9.17) is 17.4 Å². The van der Waals surface area contributed by atoms with Crippen LogP contribution in [0.5, 0.6) is 0 Å². The van der Waals surface area contributed by atoms with Gasteiger partial charge in [-0.3, -0.25) is 4.79 Å². The molecule has 150 valence electrons. The number of benzene rings is 1. The van der Waals surface area contributed by atoms with E-state index < -0.39 is 0 Å². The van der Waals surface area contributed by atoms with Gasteiger partial charge in [-0.05, 0) is 42.2 Å². The predicted octanol–water partition coefficient (Wildman–Crippen LogP) is 3.83. The molecule has 2 aromatic rings. The van der Waals surface area contributed by atoms with Crippen LogP contribution in [0.15, 0.2) is 29.4 Å². The van der Waals surface area contributed by atoms with Gasteiger partial charge in [0.05, 0.1) is 10.8 Å². The second kappa shape index (κ2) is 6.95. The zero-order valence-corrected chi connectivity index (χ0v) is 18.1. The number of nitrogen functional groups attached to an aromatic ring is 1. The third-order valence-electron chi connectivity index (χ3n) is 5.84. The highest BCUT2D eigenvalue weighted by Gasteiger charge is 2.50. The number of hydrogen-bond donors (Lipinski definition) is 1. The van der Waals surface area contributed by atoms with Gasteiger partial charge in [-0.2, -0.15) is 0 Å². The average Bonchev–Trinajstić information content (AvgIpc) is 3.09. The topological polar surface area (TPSA) is 77.0 Å². The minimum Gasteiger partial charge on any atom is -0.338 e. The van der Waals surface area contributed by atoms with E-state index in [9.17, 15) is 4.79 Å². The predicted molar refractivity (Wildman–Crippen MR) is 113 cm³/mol. The first-order valence-electron chi connectivity index (χ1n) is 9.55. The van der Waals surface area contributed by atoms with Crippen LogP contribution in [-0.4, -0.2) is 44.0 Å². The first-order valence-corrected chi connectivity index (χ1v) is 10.9. The number of likely N-dealkylation sites (tertiary alicyclic amines) is 1. The number of carbonyl (C=O) groups is 1. The van der Waals surface area contributed by atoms with Crippen LogP contribution in [0.1, 0.15) is 40.0 Å². The average molecular weight is 420 g/mol. The molecule has 8 heteroatoms. The number of fused-ring (bicyclic) bond motifs is 2. The van der Waals surface area contributed by atoms with Gasteiger partial charge in [0.15, 0.2) is 5.82 Å². The van der Waals surface area contributed by atoms with E-state index in [0.717, 1.165) is 24.9 Å². The van der Waals surface area contributed by atoms with Crippen LogP contribution in [0.4, 0.5) is 0 Å². The van der Waals surface area contributed by atoms with E-state index in [-0.39, 0.29) is 11.3 Å². The van der Waals surface area contributed by atoms with Gasteiger partial charge in [0.1, 0.15) is 0 Å². The zero-order valence-electron chi connectivity index (χ0n) is 16.5. The van der Waals surface area contributed by atoms with Crippen molar-refractivity contribution in [1.29, 1.82) is 0 Å². The van der Waals surface area contributed by atoms with Crippen molar-refractivity contribution in [2.45, 2.75) is 51.2 Å². The fourth-order valence-electron chi connectivity index (χ4n) is 5.16. The van der Waals surface area contributed by atoms with Gasteiger partial charge in [0, 0.05) is 18.2 Å². The Morgan fingerprint density at radius 2 is 2.04 bits per heavy atom. The smallest absolute Gasteiger partial charge is 0.233 e. The second-order valence-corrected chi connectivity index (χ2v) is 10.5. The van der Waals surface area contributed by atoms with Crippen molar-refractivity contribution in [3.05, 3.63) is 29.3 Å². The summed E-state index contributed by atoms with van der Waals surface area (Å²) in [4.78, 5) is 15.0. The van der Waals surface area contributed by atoms with Gasteiger partial charge < -0.3 is 10.7 Å². The maximum Gasteiger partial charge on any atom is 0.233 e. The van der Waals surface area contributed by atoms with E-state index >= 15 is 0 Å². The lowest BCUT2D eigenvalue weighted by Gasteiger charge is -2.39. The molecule has 1 aromatic heterocycles. The zero-order chi connectivity index (χ0) is 20.1. The lowest BCUT2D eigenvalue weighted by Crippen LogP contribution is -2.38. The molecule has 0 radical (unpaired) electrons. The molecule has 1 aromatic carbocycles. The van der Waals surface area contributed by atoms with Crippen LogP contribution < -0.4 is 5.84 Å². The fourth-order valence-corrected chi connectivity index (χ4v) is 6.13. The SMILES string of the molecule is CC1(C)C[C@H]2C[C@](C)(CN2C(=O)CSc2nnc(-c3ccccc3Cl)n2N)C1. The first-order chi connectivity index (χ1) is 13.2. The summed E-state index contributed by atoms with van der Waals surface area (Å²) in [5.74, 6) is 7.13. The van der Waals surface area contributed by atoms with Crippen LogP contribution >= 0.6 is 23.4 Å². The van der Waals surface area contributed by atoms with Crippen LogP contribution in [0.2, 0.25) is 5.02 Å². The van der Waals surface area contributed by atoms with Gasteiger partial charge in [0.2, 0.25) is 11.1 Å². The van der Waals surface area contributed by atoms with Gasteiger partial charge in [0.25, 0.3) is 0 Å². The number of aromatic nitrogens is 3. The van der Waals surface area contributed by atoms with Crippen LogP contribution in [0.3, 0.4) is 0 Å². The molecule has 28 heavy (non-hydrogen) atoms. The lowest BCUT2D eigenvalue weighted by atomic mass is 9.65. The summed E-state index contributed by atoms with van der Waals surface area (Å²) in [7, 11) is 0. The molecule has 6 nitrogen and oxygen atoms in total. The number of nitrogens with two attached hydrogens (primary N) is 1. The standard InChI is InChI=1S/C20H26ClN5OS/c1-19(2)8-13-9-20(3,11-19)12-25(13)16(27)10-28-18-24-23-17(26(18)22)14-6-4-5-7-15(14)21/h4-7,13H,8-12,22H2,1-3H3/t13-,20-/m0/s1. The van der Waals surface area contributed by atoms with Crippen molar-refractivity contribution in [3.63, 3.8) is 0 Å². The van der Waals surface area contributed by atoms with Crippen molar-refractivity contribution in [3.8, 4) is 11.4 Å². The molecule has 2 fully saturated rings. The Balaban J connectivity index is 1.45. The number of carbonyl (C=O) groups excluding carboxylic acids is 1. The summed E-state index contributed by atoms with van der Waals surface area (Å²) >= 11 is 7.56. The van der Waals surface area contributed by atoms with E-state index in [0.29, 0.717) is 33.2 Å². The molecule has 2 bridgehead atoms. The van der Waals surface area contributed by atoms with E-state index in [1.807, 2.05) is 18.2 Å². The molecule has 4 rings (SSSR count). The number of halogens is 1. The molecule has 0 unspecified atom stereocenters. The molecule has 2 atom stereocenters. The molecule has 2 aliphatic rings. The summed E-state index contributed by atoms with van der Waals surface area (Å²) < 4.78 is 1.41. The summed E-state index contributed by atoms with van der Waals surface area (Å²) in [6.45, 7) is 7.79. The largest absolute Gasteiger partial charge is 0.338 e. The van der Waals surface area contributed by atoms with Gasteiger partial charge in [-0.1, -0.05) is 56.3 Å². The minimum atomic E-state index is 0.152. The van der Waals surface area contributed by atoms with Gasteiger partial charge >= 0.3 is 0 Å².